The van der Waals surface area contributed by atoms with E-state index in [4.69, 9.17) is 21.8 Å². The number of amides is 1. The van der Waals surface area contributed by atoms with E-state index < -0.39 is 0 Å². The highest BCUT2D eigenvalue weighted by Gasteiger charge is 2.17. The molecule has 0 bridgehead atoms. The van der Waals surface area contributed by atoms with Gasteiger partial charge in [-0.25, -0.2) is 0 Å². The third-order valence-corrected chi connectivity index (χ3v) is 5.24. The lowest BCUT2D eigenvalue weighted by molar-refractivity contribution is 0.0925. The van der Waals surface area contributed by atoms with Crippen molar-refractivity contribution in [1.29, 1.82) is 0 Å². The van der Waals surface area contributed by atoms with Gasteiger partial charge in [-0.15, -0.1) is 0 Å². The van der Waals surface area contributed by atoms with Crippen LogP contribution in [-0.2, 0) is 0 Å². The predicted molar refractivity (Wildman–Crippen MR) is 109 cm³/mol. The molecule has 1 aromatic heterocycles. The van der Waals surface area contributed by atoms with Crippen molar-refractivity contribution in [1.82, 2.24) is 10.2 Å². The van der Waals surface area contributed by atoms with Crippen LogP contribution in [0.4, 0.5) is 11.4 Å². The minimum atomic E-state index is -0.140. The van der Waals surface area contributed by atoms with E-state index in [2.05, 4.69) is 15.1 Å². The molecule has 1 aromatic carbocycles. The smallest absolute Gasteiger partial charge is 0.286 e. The van der Waals surface area contributed by atoms with Crippen molar-refractivity contribution in [2.75, 3.05) is 49.9 Å². The van der Waals surface area contributed by atoms with Crippen LogP contribution in [0.5, 0.6) is 0 Å². The monoisotopic (exact) mass is 390 g/mol. The molecule has 1 aliphatic heterocycles. The molecule has 0 radical (unpaired) electrons. The van der Waals surface area contributed by atoms with Crippen molar-refractivity contribution in [2.45, 2.75) is 19.3 Å². The Kier molecular flexibility index (Phi) is 7.01. The van der Waals surface area contributed by atoms with Gasteiger partial charge in [-0.05, 0) is 49.7 Å². The number of unbranched alkanes of at least 4 members (excludes halogenated alkanes) is 2. The number of piperazine rings is 1. The standard InChI is InChI=1S/C20H27ClN4O2/c21-17-7-6-16(15-18(17)22)25-12-10-24(11-13-25)9-3-1-2-8-23-20(26)19-5-4-14-27-19/h4-7,14-15H,1-3,8-13,22H2,(H,23,26). The number of furan rings is 1. The van der Waals surface area contributed by atoms with Crippen molar-refractivity contribution >= 4 is 28.9 Å². The lowest BCUT2D eigenvalue weighted by Crippen LogP contribution is -2.46. The summed E-state index contributed by atoms with van der Waals surface area (Å²) >= 11 is 6.00. The number of carbonyl (C=O) groups excluding carboxylic acids is 1. The quantitative estimate of drug-likeness (QED) is 0.534. The predicted octanol–water partition coefficient (Wildman–Crippen LogP) is 3.24. The summed E-state index contributed by atoms with van der Waals surface area (Å²) < 4.78 is 5.07. The van der Waals surface area contributed by atoms with E-state index in [0.29, 0.717) is 23.0 Å². The highest BCUT2D eigenvalue weighted by atomic mass is 35.5. The number of nitrogens with two attached hydrogens (primary N) is 1. The van der Waals surface area contributed by atoms with E-state index in [1.165, 1.54) is 6.26 Å². The molecule has 1 aliphatic rings. The van der Waals surface area contributed by atoms with Gasteiger partial charge in [0.15, 0.2) is 5.76 Å². The van der Waals surface area contributed by atoms with E-state index in [1.807, 2.05) is 18.2 Å². The number of benzene rings is 1. The lowest BCUT2D eigenvalue weighted by atomic mass is 10.2. The molecule has 3 N–H and O–H groups in total. The average Bonchev–Trinajstić information content (AvgIpc) is 3.22. The number of hydrogen-bond donors (Lipinski definition) is 2. The zero-order valence-electron chi connectivity index (χ0n) is 15.5. The van der Waals surface area contributed by atoms with Gasteiger partial charge in [0.25, 0.3) is 5.91 Å². The average molecular weight is 391 g/mol. The second-order valence-corrected chi connectivity index (χ2v) is 7.24. The van der Waals surface area contributed by atoms with Crippen LogP contribution < -0.4 is 16.0 Å². The van der Waals surface area contributed by atoms with Crippen LogP contribution in [0, 0.1) is 0 Å². The van der Waals surface area contributed by atoms with Crippen molar-refractivity contribution < 1.29 is 9.21 Å². The van der Waals surface area contributed by atoms with Crippen LogP contribution in [0.15, 0.2) is 41.0 Å². The van der Waals surface area contributed by atoms with Crippen molar-refractivity contribution in [3.05, 3.63) is 47.4 Å². The molecule has 6 nitrogen and oxygen atoms in total. The molecule has 3 rings (SSSR count). The fourth-order valence-corrected chi connectivity index (χ4v) is 3.41. The van der Waals surface area contributed by atoms with Crippen LogP contribution in [0.25, 0.3) is 0 Å². The first-order valence-electron chi connectivity index (χ1n) is 9.47. The summed E-state index contributed by atoms with van der Waals surface area (Å²) in [5, 5.41) is 3.49. The van der Waals surface area contributed by atoms with E-state index >= 15 is 0 Å². The maximum Gasteiger partial charge on any atom is 0.286 e. The normalized spacial score (nSPS) is 15.1. The van der Waals surface area contributed by atoms with Crippen LogP contribution >= 0.6 is 11.6 Å². The van der Waals surface area contributed by atoms with Gasteiger partial charge >= 0.3 is 0 Å². The molecule has 1 amide bonds. The SMILES string of the molecule is Nc1cc(N2CCN(CCCCCNC(=O)c3ccco3)CC2)ccc1Cl. The van der Waals surface area contributed by atoms with Crippen LogP contribution in [0.3, 0.4) is 0 Å². The van der Waals surface area contributed by atoms with Gasteiger partial charge in [0.05, 0.1) is 17.0 Å². The molecule has 1 fully saturated rings. The number of nitrogens with one attached hydrogen (secondary N) is 1. The Morgan fingerprint density at radius 1 is 1.15 bits per heavy atom. The van der Waals surface area contributed by atoms with Gasteiger partial charge in [-0.1, -0.05) is 18.0 Å². The first kappa shape index (κ1) is 19.6. The van der Waals surface area contributed by atoms with Crippen LogP contribution in [0.1, 0.15) is 29.8 Å². The number of hydrogen-bond acceptors (Lipinski definition) is 5. The molecular formula is C20H27ClN4O2. The number of nitrogens with zero attached hydrogens (tertiary/aromatic N) is 2. The maximum atomic E-state index is 11.7. The summed E-state index contributed by atoms with van der Waals surface area (Å²) in [6.45, 7) is 5.89. The number of halogens is 1. The highest BCUT2D eigenvalue weighted by Crippen LogP contribution is 2.25. The Bertz CT molecular complexity index is 728. The van der Waals surface area contributed by atoms with Crippen molar-refractivity contribution in [3.63, 3.8) is 0 Å². The molecule has 0 atom stereocenters. The second kappa shape index (κ2) is 9.67. The molecule has 0 saturated carbocycles. The van der Waals surface area contributed by atoms with Crippen molar-refractivity contribution in [2.24, 2.45) is 0 Å². The van der Waals surface area contributed by atoms with Crippen LogP contribution in [-0.4, -0.2) is 50.1 Å². The Morgan fingerprint density at radius 3 is 2.67 bits per heavy atom. The highest BCUT2D eigenvalue weighted by molar-refractivity contribution is 6.33. The molecule has 0 unspecified atom stereocenters. The second-order valence-electron chi connectivity index (χ2n) is 6.83. The molecule has 0 aliphatic carbocycles. The third-order valence-electron chi connectivity index (χ3n) is 4.90. The fourth-order valence-electron chi connectivity index (χ4n) is 3.29. The summed E-state index contributed by atoms with van der Waals surface area (Å²) in [5.41, 5.74) is 7.68. The topological polar surface area (TPSA) is 74.7 Å². The zero-order valence-corrected chi connectivity index (χ0v) is 16.3. The molecule has 2 aromatic rings. The molecule has 7 heteroatoms. The van der Waals surface area contributed by atoms with E-state index in [-0.39, 0.29) is 5.91 Å². The lowest BCUT2D eigenvalue weighted by Gasteiger charge is -2.36. The number of rotatable bonds is 8. The minimum Gasteiger partial charge on any atom is -0.459 e. The Labute approximate surface area is 165 Å². The van der Waals surface area contributed by atoms with E-state index in [0.717, 1.165) is 57.7 Å². The van der Waals surface area contributed by atoms with Gasteiger partial charge in [-0.2, -0.15) is 0 Å². The summed E-state index contributed by atoms with van der Waals surface area (Å²) in [6, 6.07) is 9.24. The molecular weight excluding hydrogens is 364 g/mol. The zero-order chi connectivity index (χ0) is 19.1. The molecule has 1 saturated heterocycles. The van der Waals surface area contributed by atoms with Crippen molar-refractivity contribution in [3.8, 4) is 0 Å². The Hall–Kier alpha value is -2.18. The molecule has 146 valence electrons. The third kappa shape index (κ3) is 5.65. The number of carbonyl (C=O) groups is 1. The van der Waals surface area contributed by atoms with Gasteiger partial charge in [0, 0.05) is 38.4 Å². The number of anilines is 2. The van der Waals surface area contributed by atoms with Gasteiger partial charge in [0.1, 0.15) is 0 Å². The number of nitrogen functional groups attached to an aromatic ring is 1. The molecule has 0 spiro atoms. The van der Waals surface area contributed by atoms with Gasteiger partial charge in [-0.3, -0.25) is 9.69 Å². The maximum absolute atomic E-state index is 11.7. The summed E-state index contributed by atoms with van der Waals surface area (Å²) in [6.07, 6.45) is 4.74. The Balaban J connectivity index is 1.27. The summed E-state index contributed by atoms with van der Waals surface area (Å²) in [5.74, 6) is 0.231. The first-order chi connectivity index (χ1) is 13.1. The Morgan fingerprint density at radius 2 is 1.96 bits per heavy atom. The van der Waals surface area contributed by atoms with Crippen LogP contribution in [0.2, 0.25) is 5.02 Å². The summed E-state index contributed by atoms with van der Waals surface area (Å²) in [4.78, 5) is 16.6. The van der Waals surface area contributed by atoms with Gasteiger partial charge in [0.2, 0.25) is 0 Å². The molecule has 2 heterocycles. The van der Waals surface area contributed by atoms with E-state index in [9.17, 15) is 4.79 Å². The fraction of sp³-hybridized carbons (Fsp3) is 0.450. The largest absolute Gasteiger partial charge is 0.459 e. The van der Waals surface area contributed by atoms with Gasteiger partial charge < -0.3 is 20.4 Å². The van der Waals surface area contributed by atoms with E-state index in [1.54, 1.807) is 12.1 Å². The first-order valence-corrected chi connectivity index (χ1v) is 9.85. The molecule has 27 heavy (non-hydrogen) atoms. The summed E-state index contributed by atoms with van der Waals surface area (Å²) in [7, 11) is 0. The minimum absolute atomic E-state index is 0.140.